The van der Waals surface area contributed by atoms with Gasteiger partial charge in [0.25, 0.3) is 0 Å². The Hall–Kier alpha value is -0.890. The van der Waals surface area contributed by atoms with Gasteiger partial charge in [0, 0.05) is 12.6 Å². The highest BCUT2D eigenvalue weighted by atomic mass is 19.1. The Morgan fingerprint density at radius 2 is 2.15 bits per heavy atom. The van der Waals surface area contributed by atoms with Crippen LogP contribution in [0.1, 0.15) is 30.0 Å². The summed E-state index contributed by atoms with van der Waals surface area (Å²) in [6, 6.07) is 5.68. The summed E-state index contributed by atoms with van der Waals surface area (Å²) >= 11 is 0. The van der Waals surface area contributed by atoms with E-state index < -0.39 is 0 Å². The average molecular weight is 177 g/mol. The predicted molar refractivity (Wildman–Crippen MR) is 48.7 cm³/mol. The first-order valence-corrected chi connectivity index (χ1v) is 4.86. The van der Waals surface area contributed by atoms with Crippen molar-refractivity contribution >= 4 is 0 Å². The fraction of sp³-hybridized carbons (Fsp3) is 0.455. The number of fused-ring (bicyclic) bond motifs is 1. The lowest BCUT2D eigenvalue weighted by atomic mass is 10.0. The molecule has 1 nitrogen and oxygen atoms in total. The van der Waals surface area contributed by atoms with E-state index in [1.54, 1.807) is 12.1 Å². The van der Waals surface area contributed by atoms with Crippen LogP contribution in [0.25, 0.3) is 0 Å². The van der Waals surface area contributed by atoms with Crippen molar-refractivity contribution in [2.75, 3.05) is 0 Å². The van der Waals surface area contributed by atoms with Gasteiger partial charge in [0.15, 0.2) is 0 Å². The van der Waals surface area contributed by atoms with Gasteiger partial charge in [0.05, 0.1) is 0 Å². The molecule has 1 aliphatic heterocycles. The Labute approximate surface area is 77.0 Å². The molecule has 2 aliphatic rings. The van der Waals surface area contributed by atoms with Crippen LogP contribution in [0.4, 0.5) is 4.39 Å². The first-order chi connectivity index (χ1) is 6.34. The Balaban J connectivity index is 2.01. The highest BCUT2D eigenvalue weighted by Crippen LogP contribution is 2.44. The first-order valence-electron chi connectivity index (χ1n) is 4.86. The van der Waals surface area contributed by atoms with E-state index in [0.717, 1.165) is 18.0 Å². The minimum atomic E-state index is -0.114. The molecule has 0 aromatic heterocycles. The number of hydrogen-bond acceptors (Lipinski definition) is 1. The molecule has 1 heterocycles. The molecule has 13 heavy (non-hydrogen) atoms. The topological polar surface area (TPSA) is 12.0 Å². The van der Waals surface area contributed by atoms with Gasteiger partial charge < -0.3 is 5.32 Å². The van der Waals surface area contributed by atoms with E-state index in [0.29, 0.717) is 6.04 Å². The van der Waals surface area contributed by atoms with Crippen molar-refractivity contribution < 1.29 is 4.39 Å². The summed E-state index contributed by atoms with van der Waals surface area (Å²) in [7, 11) is 0. The number of rotatable bonds is 1. The van der Waals surface area contributed by atoms with E-state index in [-0.39, 0.29) is 5.82 Å². The fourth-order valence-corrected chi connectivity index (χ4v) is 2.21. The molecule has 3 rings (SSSR count). The molecule has 1 aromatic carbocycles. The van der Waals surface area contributed by atoms with E-state index in [4.69, 9.17) is 0 Å². The van der Waals surface area contributed by atoms with Crippen molar-refractivity contribution in [2.24, 2.45) is 5.92 Å². The number of halogens is 1. The highest BCUT2D eigenvalue weighted by Gasteiger charge is 2.35. The zero-order valence-corrected chi connectivity index (χ0v) is 7.39. The van der Waals surface area contributed by atoms with Crippen LogP contribution in [0, 0.1) is 11.7 Å². The predicted octanol–water partition coefficient (Wildman–Crippen LogP) is 2.38. The molecule has 1 aromatic rings. The van der Waals surface area contributed by atoms with Gasteiger partial charge in [0.1, 0.15) is 5.82 Å². The van der Waals surface area contributed by atoms with Gasteiger partial charge in [-0.2, -0.15) is 0 Å². The summed E-state index contributed by atoms with van der Waals surface area (Å²) in [6.45, 7) is 0.842. The molecule has 2 heteroatoms. The summed E-state index contributed by atoms with van der Waals surface area (Å²) in [5.74, 6) is 0.698. The molecule has 0 bridgehead atoms. The van der Waals surface area contributed by atoms with Crippen LogP contribution in [0.2, 0.25) is 0 Å². The van der Waals surface area contributed by atoms with Crippen molar-refractivity contribution in [1.82, 2.24) is 5.32 Å². The van der Waals surface area contributed by atoms with Crippen molar-refractivity contribution in [3.8, 4) is 0 Å². The van der Waals surface area contributed by atoms with Crippen molar-refractivity contribution in [1.29, 1.82) is 0 Å². The largest absolute Gasteiger partial charge is 0.306 e. The lowest BCUT2D eigenvalue weighted by molar-refractivity contribution is 0.523. The van der Waals surface area contributed by atoms with Crippen LogP contribution in [0.5, 0.6) is 0 Å². The highest BCUT2D eigenvalue weighted by molar-refractivity contribution is 5.35. The second-order valence-corrected chi connectivity index (χ2v) is 4.04. The molecule has 1 saturated carbocycles. The summed E-state index contributed by atoms with van der Waals surface area (Å²) in [5, 5.41) is 3.44. The van der Waals surface area contributed by atoms with Crippen LogP contribution in [-0.2, 0) is 6.54 Å². The maximum Gasteiger partial charge on any atom is 0.123 e. The van der Waals surface area contributed by atoms with Crippen LogP contribution in [0.15, 0.2) is 18.2 Å². The maximum absolute atomic E-state index is 12.9. The third-order valence-electron chi connectivity index (χ3n) is 3.05. The number of hydrogen-bond donors (Lipinski definition) is 1. The van der Waals surface area contributed by atoms with Crippen molar-refractivity contribution in [3.05, 3.63) is 35.1 Å². The molecule has 0 amide bonds. The molecule has 0 radical (unpaired) electrons. The Morgan fingerprint density at radius 3 is 2.92 bits per heavy atom. The van der Waals surface area contributed by atoms with Gasteiger partial charge in [-0.3, -0.25) is 0 Å². The molecular weight excluding hydrogens is 165 g/mol. The standard InChI is InChI=1S/C11H12FN/c12-9-3-4-10-8(5-9)6-13-11(10)7-1-2-7/h3-5,7,11,13H,1-2,6H2. The smallest absolute Gasteiger partial charge is 0.123 e. The minimum Gasteiger partial charge on any atom is -0.306 e. The second-order valence-electron chi connectivity index (χ2n) is 4.04. The molecule has 68 valence electrons. The van der Waals surface area contributed by atoms with Gasteiger partial charge in [-0.15, -0.1) is 0 Å². The molecule has 1 atom stereocenters. The van der Waals surface area contributed by atoms with Gasteiger partial charge in [-0.1, -0.05) is 6.07 Å². The Bertz CT molecular complexity index is 344. The van der Waals surface area contributed by atoms with Gasteiger partial charge in [-0.25, -0.2) is 4.39 Å². The summed E-state index contributed by atoms with van der Waals surface area (Å²) < 4.78 is 12.9. The Kier molecular flexibility index (Phi) is 1.47. The average Bonchev–Trinajstić information content (AvgIpc) is 2.87. The zero-order chi connectivity index (χ0) is 8.84. The molecular formula is C11H12FN. The minimum absolute atomic E-state index is 0.114. The third-order valence-corrected chi connectivity index (χ3v) is 3.05. The molecule has 1 fully saturated rings. The van der Waals surface area contributed by atoms with E-state index in [1.165, 1.54) is 18.4 Å². The van der Waals surface area contributed by atoms with E-state index in [9.17, 15) is 4.39 Å². The third kappa shape index (κ3) is 1.17. The molecule has 1 aliphatic carbocycles. The SMILES string of the molecule is Fc1ccc2c(c1)CNC2C1CC1. The van der Waals surface area contributed by atoms with Crippen LogP contribution in [-0.4, -0.2) is 0 Å². The van der Waals surface area contributed by atoms with Crippen LogP contribution >= 0.6 is 0 Å². The lowest BCUT2D eigenvalue weighted by Crippen LogP contribution is -2.13. The van der Waals surface area contributed by atoms with Crippen molar-refractivity contribution in [2.45, 2.75) is 25.4 Å². The van der Waals surface area contributed by atoms with E-state index in [2.05, 4.69) is 5.32 Å². The van der Waals surface area contributed by atoms with Crippen LogP contribution < -0.4 is 5.32 Å². The molecule has 0 spiro atoms. The summed E-state index contributed by atoms with van der Waals surface area (Å²) in [6.07, 6.45) is 2.66. The molecule has 0 saturated heterocycles. The molecule has 1 unspecified atom stereocenters. The van der Waals surface area contributed by atoms with Gasteiger partial charge in [0.2, 0.25) is 0 Å². The van der Waals surface area contributed by atoms with Crippen LogP contribution in [0.3, 0.4) is 0 Å². The van der Waals surface area contributed by atoms with Gasteiger partial charge in [-0.05, 0) is 42.0 Å². The number of nitrogens with one attached hydrogen (secondary N) is 1. The maximum atomic E-state index is 12.9. The molecule has 1 N–H and O–H groups in total. The van der Waals surface area contributed by atoms with E-state index in [1.807, 2.05) is 6.07 Å². The first kappa shape index (κ1) is 7.51. The lowest BCUT2D eigenvalue weighted by Gasteiger charge is -2.09. The quantitative estimate of drug-likeness (QED) is 0.694. The summed E-state index contributed by atoms with van der Waals surface area (Å²) in [5.41, 5.74) is 2.47. The Morgan fingerprint density at radius 1 is 1.31 bits per heavy atom. The second kappa shape index (κ2) is 2.55. The zero-order valence-electron chi connectivity index (χ0n) is 7.39. The monoisotopic (exact) mass is 177 g/mol. The van der Waals surface area contributed by atoms with Gasteiger partial charge >= 0.3 is 0 Å². The summed E-state index contributed by atoms with van der Waals surface area (Å²) in [4.78, 5) is 0. The van der Waals surface area contributed by atoms with Crippen molar-refractivity contribution in [3.63, 3.8) is 0 Å². The number of benzene rings is 1. The van der Waals surface area contributed by atoms with E-state index >= 15 is 0 Å². The fourth-order valence-electron chi connectivity index (χ4n) is 2.21. The normalized spacial score (nSPS) is 26.1.